The molecule has 0 aromatic heterocycles. The van der Waals surface area contributed by atoms with Crippen molar-refractivity contribution in [3.8, 4) is 5.75 Å². The van der Waals surface area contributed by atoms with Crippen LogP contribution in [0, 0.1) is 0 Å². The molecule has 1 saturated heterocycles. The van der Waals surface area contributed by atoms with Crippen LogP contribution in [0.2, 0.25) is 0 Å². The van der Waals surface area contributed by atoms with E-state index in [1.165, 1.54) is 5.56 Å². The Morgan fingerprint density at radius 1 is 0.964 bits per heavy atom. The van der Waals surface area contributed by atoms with Gasteiger partial charge in [0.2, 0.25) is 0 Å². The number of ether oxygens (including phenoxy) is 1. The number of hydrogen-bond donors (Lipinski definition) is 1. The topological polar surface area (TPSA) is 61.9 Å². The Bertz CT molecular complexity index is 787. The van der Waals surface area contributed by atoms with Crippen LogP contribution in [0.3, 0.4) is 0 Å². The van der Waals surface area contributed by atoms with Crippen LogP contribution in [0.5, 0.6) is 5.75 Å². The molecule has 0 unspecified atom stereocenters. The molecule has 0 atom stereocenters. The van der Waals surface area contributed by atoms with Gasteiger partial charge in [-0.05, 0) is 30.5 Å². The molecule has 1 heterocycles. The molecule has 2 aromatic rings. The van der Waals surface area contributed by atoms with Gasteiger partial charge < -0.3 is 19.9 Å². The summed E-state index contributed by atoms with van der Waals surface area (Å²) in [5.74, 6) is -0.142. The molecule has 1 aliphatic rings. The van der Waals surface area contributed by atoms with E-state index in [4.69, 9.17) is 4.74 Å². The Morgan fingerprint density at radius 3 is 2.36 bits per heavy atom. The van der Waals surface area contributed by atoms with Gasteiger partial charge in [-0.2, -0.15) is 0 Å². The fourth-order valence-electron chi connectivity index (χ4n) is 3.40. The smallest absolute Gasteiger partial charge is 0.312 e. The van der Waals surface area contributed by atoms with Crippen molar-refractivity contribution in [3.63, 3.8) is 0 Å². The lowest BCUT2D eigenvalue weighted by molar-refractivity contribution is -0.146. The first-order chi connectivity index (χ1) is 13.7. The monoisotopic (exact) mass is 381 g/mol. The van der Waals surface area contributed by atoms with Crippen LogP contribution in [0.1, 0.15) is 12.0 Å². The van der Waals surface area contributed by atoms with E-state index >= 15 is 0 Å². The zero-order valence-electron chi connectivity index (χ0n) is 16.3. The Balaban J connectivity index is 1.42. The normalized spacial score (nSPS) is 13.9. The molecule has 0 aliphatic carbocycles. The van der Waals surface area contributed by atoms with Gasteiger partial charge in [0, 0.05) is 32.7 Å². The number of benzene rings is 2. The van der Waals surface area contributed by atoms with Gasteiger partial charge in [0.1, 0.15) is 5.75 Å². The van der Waals surface area contributed by atoms with Gasteiger partial charge in [0.15, 0.2) is 0 Å². The highest BCUT2D eigenvalue weighted by molar-refractivity contribution is 6.35. The molecule has 1 aliphatic heterocycles. The molecule has 1 N–H and O–H groups in total. The summed E-state index contributed by atoms with van der Waals surface area (Å²) in [6.07, 6.45) is 1.69. The summed E-state index contributed by atoms with van der Waals surface area (Å²) < 4.78 is 5.41. The first kappa shape index (κ1) is 19.7. The largest absolute Gasteiger partial charge is 0.495 e. The molecule has 0 spiro atoms. The van der Waals surface area contributed by atoms with Crippen molar-refractivity contribution in [2.24, 2.45) is 0 Å². The lowest BCUT2D eigenvalue weighted by Crippen LogP contribution is -2.52. The van der Waals surface area contributed by atoms with Gasteiger partial charge in [-0.15, -0.1) is 0 Å². The van der Waals surface area contributed by atoms with Crippen molar-refractivity contribution in [2.45, 2.75) is 12.8 Å². The van der Waals surface area contributed by atoms with E-state index in [2.05, 4.69) is 22.3 Å². The van der Waals surface area contributed by atoms with E-state index in [0.29, 0.717) is 32.7 Å². The number of methoxy groups -OCH3 is 1. The summed E-state index contributed by atoms with van der Waals surface area (Å²) in [5.41, 5.74) is 2.25. The average molecular weight is 381 g/mol. The maximum Gasteiger partial charge on any atom is 0.312 e. The molecule has 2 amide bonds. The van der Waals surface area contributed by atoms with Crippen LogP contribution >= 0.6 is 0 Å². The van der Waals surface area contributed by atoms with E-state index < -0.39 is 11.8 Å². The fourth-order valence-corrected chi connectivity index (χ4v) is 3.40. The molecular weight excluding hydrogens is 354 g/mol. The first-order valence-corrected chi connectivity index (χ1v) is 9.68. The van der Waals surface area contributed by atoms with Crippen molar-refractivity contribution in [1.82, 2.24) is 10.2 Å². The van der Waals surface area contributed by atoms with Crippen LogP contribution in [-0.4, -0.2) is 56.5 Å². The number of nitrogens with zero attached hydrogens (tertiary/aromatic N) is 2. The van der Waals surface area contributed by atoms with Crippen molar-refractivity contribution < 1.29 is 14.3 Å². The Labute approximate surface area is 166 Å². The number of carbonyl (C=O) groups excluding carboxylic acids is 2. The maximum absolute atomic E-state index is 12.4. The highest BCUT2D eigenvalue weighted by atomic mass is 16.5. The number of hydrogen-bond acceptors (Lipinski definition) is 4. The molecule has 3 rings (SSSR count). The van der Waals surface area contributed by atoms with E-state index in [1.54, 1.807) is 12.0 Å². The first-order valence-electron chi connectivity index (χ1n) is 9.68. The lowest BCUT2D eigenvalue weighted by atomic mass is 10.1. The van der Waals surface area contributed by atoms with Gasteiger partial charge >= 0.3 is 11.8 Å². The van der Waals surface area contributed by atoms with Crippen molar-refractivity contribution >= 4 is 17.5 Å². The van der Waals surface area contributed by atoms with Crippen LogP contribution in [0.4, 0.5) is 5.69 Å². The number of amides is 2. The number of nitrogens with one attached hydrogen (secondary N) is 1. The molecule has 1 fully saturated rings. The lowest BCUT2D eigenvalue weighted by Gasteiger charge is -2.36. The number of rotatable bonds is 6. The highest BCUT2D eigenvalue weighted by Gasteiger charge is 2.26. The molecule has 6 heteroatoms. The predicted octanol–water partition coefficient (Wildman–Crippen LogP) is 2.09. The summed E-state index contributed by atoms with van der Waals surface area (Å²) in [6.45, 7) is 2.89. The van der Waals surface area contributed by atoms with Gasteiger partial charge in [0.05, 0.1) is 12.8 Å². The zero-order valence-corrected chi connectivity index (χ0v) is 16.3. The minimum absolute atomic E-state index is 0.445. The SMILES string of the molecule is COc1ccccc1N1CCN(C(=O)C(=O)NCCCc2ccccc2)CC1. The third kappa shape index (κ3) is 5.03. The van der Waals surface area contributed by atoms with Crippen LogP contribution in [0.25, 0.3) is 0 Å². The number of piperazine rings is 1. The predicted molar refractivity (Wildman–Crippen MR) is 110 cm³/mol. The summed E-state index contributed by atoms with van der Waals surface area (Å²) in [7, 11) is 1.65. The summed E-state index contributed by atoms with van der Waals surface area (Å²) in [4.78, 5) is 28.4. The Kier molecular flexibility index (Phi) is 6.89. The van der Waals surface area contributed by atoms with Gasteiger partial charge in [-0.1, -0.05) is 42.5 Å². The fraction of sp³-hybridized carbons (Fsp3) is 0.364. The summed E-state index contributed by atoms with van der Waals surface area (Å²) in [5, 5.41) is 2.75. The van der Waals surface area contributed by atoms with E-state index in [1.807, 2.05) is 42.5 Å². The number of aryl methyl sites for hydroxylation is 1. The average Bonchev–Trinajstić information content (AvgIpc) is 2.77. The number of carbonyl (C=O) groups is 2. The van der Waals surface area contributed by atoms with Gasteiger partial charge in [-0.25, -0.2) is 0 Å². The highest BCUT2D eigenvalue weighted by Crippen LogP contribution is 2.28. The molecule has 28 heavy (non-hydrogen) atoms. The summed E-state index contributed by atoms with van der Waals surface area (Å²) >= 11 is 0. The molecule has 6 nitrogen and oxygen atoms in total. The molecule has 0 bridgehead atoms. The third-order valence-corrected chi connectivity index (χ3v) is 4.96. The Hall–Kier alpha value is -3.02. The van der Waals surface area contributed by atoms with E-state index in [0.717, 1.165) is 24.3 Å². The van der Waals surface area contributed by atoms with Crippen molar-refractivity contribution in [3.05, 3.63) is 60.2 Å². The molecule has 0 saturated carbocycles. The minimum atomic E-state index is -0.515. The molecule has 148 valence electrons. The second-order valence-electron chi connectivity index (χ2n) is 6.80. The van der Waals surface area contributed by atoms with Crippen LogP contribution in [0.15, 0.2) is 54.6 Å². The second kappa shape index (κ2) is 9.78. The number of para-hydroxylation sites is 2. The molecule has 0 radical (unpaired) electrons. The Morgan fingerprint density at radius 2 is 1.64 bits per heavy atom. The third-order valence-electron chi connectivity index (χ3n) is 4.96. The van der Waals surface area contributed by atoms with Gasteiger partial charge in [-0.3, -0.25) is 9.59 Å². The zero-order chi connectivity index (χ0) is 19.8. The van der Waals surface area contributed by atoms with Crippen molar-refractivity contribution in [2.75, 3.05) is 44.7 Å². The maximum atomic E-state index is 12.4. The van der Waals surface area contributed by atoms with E-state index in [9.17, 15) is 9.59 Å². The quantitative estimate of drug-likeness (QED) is 0.615. The second-order valence-corrected chi connectivity index (χ2v) is 6.80. The standard InChI is InChI=1S/C22H27N3O3/c1-28-20-12-6-5-11-19(20)24-14-16-25(17-15-24)22(27)21(26)23-13-7-10-18-8-3-2-4-9-18/h2-6,8-9,11-12H,7,10,13-17H2,1H3,(H,23,26). The van der Waals surface area contributed by atoms with Crippen LogP contribution in [-0.2, 0) is 16.0 Å². The van der Waals surface area contributed by atoms with Crippen molar-refractivity contribution in [1.29, 1.82) is 0 Å². The summed E-state index contributed by atoms with van der Waals surface area (Å²) in [6, 6.07) is 18.0. The van der Waals surface area contributed by atoms with Gasteiger partial charge in [0.25, 0.3) is 0 Å². The minimum Gasteiger partial charge on any atom is -0.495 e. The number of anilines is 1. The van der Waals surface area contributed by atoms with E-state index in [-0.39, 0.29) is 0 Å². The van der Waals surface area contributed by atoms with Crippen LogP contribution < -0.4 is 15.0 Å². The molecular formula is C22H27N3O3. The molecule has 2 aromatic carbocycles.